The van der Waals surface area contributed by atoms with E-state index in [1.165, 1.54) is 39.0 Å². The lowest BCUT2D eigenvalue weighted by Gasteiger charge is -2.33. The summed E-state index contributed by atoms with van der Waals surface area (Å²) in [4.78, 5) is 0. The van der Waals surface area contributed by atoms with E-state index in [4.69, 9.17) is 5.73 Å². The molecule has 2 N–H and O–H groups in total. The highest BCUT2D eigenvalue weighted by Gasteiger charge is 2.51. The van der Waals surface area contributed by atoms with Crippen LogP contribution in [0.1, 0.15) is 27.8 Å². The molecule has 2 heteroatoms. The molecule has 1 unspecified atom stereocenters. The molecule has 0 saturated heterocycles. The van der Waals surface area contributed by atoms with Crippen molar-refractivity contribution in [3.05, 3.63) is 123 Å². The molecule has 6 rings (SSSR count). The molecule has 0 fully saturated rings. The third-order valence-corrected chi connectivity index (χ3v) is 6.82. The second kappa shape index (κ2) is 5.95. The number of nitrogens with two attached hydrogens (primary N) is 1. The number of hydrogen-bond donors (Lipinski definition) is 1. The van der Waals surface area contributed by atoms with Crippen molar-refractivity contribution in [2.75, 3.05) is 5.73 Å². The molecule has 0 radical (unpaired) electrons. The van der Waals surface area contributed by atoms with Gasteiger partial charge in [-0.2, -0.15) is 0 Å². The van der Waals surface area contributed by atoms with E-state index in [1.54, 1.807) is 0 Å². The predicted octanol–water partition coefficient (Wildman–Crippen LogP) is 6.90. The molecule has 1 spiro atoms. The van der Waals surface area contributed by atoms with E-state index in [-0.39, 0.29) is 5.41 Å². The van der Waals surface area contributed by atoms with Gasteiger partial charge >= 0.3 is 0 Å². The van der Waals surface area contributed by atoms with E-state index >= 15 is 0 Å². The Morgan fingerprint density at radius 1 is 0.621 bits per heavy atom. The van der Waals surface area contributed by atoms with Crippen LogP contribution in [-0.2, 0) is 5.41 Å². The third kappa shape index (κ3) is 2.10. The van der Waals surface area contributed by atoms with Crippen LogP contribution in [0.3, 0.4) is 0 Å². The van der Waals surface area contributed by atoms with Crippen LogP contribution in [0.25, 0.3) is 22.8 Å². The van der Waals surface area contributed by atoms with Crippen molar-refractivity contribution in [3.63, 3.8) is 0 Å². The highest BCUT2D eigenvalue weighted by atomic mass is 79.9. The van der Waals surface area contributed by atoms with Gasteiger partial charge in [0.25, 0.3) is 0 Å². The van der Waals surface area contributed by atoms with Crippen LogP contribution in [0.5, 0.6) is 0 Å². The van der Waals surface area contributed by atoms with E-state index in [2.05, 4.69) is 101 Å². The van der Waals surface area contributed by atoms with Crippen molar-refractivity contribution in [1.82, 2.24) is 0 Å². The Hall–Kier alpha value is -3.10. The smallest absolute Gasteiger partial charge is 0.0726 e. The molecule has 0 amide bonds. The van der Waals surface area contributed by atoms with Gasteiger partial charge in [0.15, 0.2) is 0 Å². The summed E-state index contributed by atoms with van der Waals surface area (Å²) in [6, 6.07) is 32.4. The first-order chi connectivity index (χ1) is 14.2. The minimum Gasteiger partial charge on any atom is -0.398 e. The third-order valence-electron chi connectivity index (χ3n) is 6.33. The molecule has 1 nitrogen and oxygen atoms in total. The van der Waals surface area contributed by atoms with Gasteiger partial charge in [-0.1, -0.05) is 88.7 Å². The molecular weight excluding hydrogens is 418 g/mol. The van der Waals surface area contributed by atoms with Crippen LogP contribution < -0.4 is 5.73 Å². The fourth-order valence-corrected chi connectivity index (χ4v) is 5.59. The number of para-hydroxylation sites is 1. The van der Waals surface area contributed by atoms with Gasteiger partial charge in [-0.05, 0) is 63.2 Å². The van der Waals surface area contributed by atoms with Gasteiger partial charge in [0, 0.05) is 15.7 Å². The van der Waals surface area contributed by atoms with Gasteiger partial charge in [0.05, 0.1) is 5.41 Å². The normalized spacial score (nSPS) is 18.3. The second-order valence-corrected chi connectivity index (χ2v) is 8.63. The van der Waals surface area contributed by atoms with Gasteiger partial charge in [-0.15, -0.1) is 0 Å². The Balaban J connectivity index is 1.81. The summed E-state index contributed by atoms with van der Waals surface area (Å²) in [5.41, 5.74) is 17.1. The highest BCUT2D eigenvalue weighted by Crippen LogP contribution is 2.63. The van der Waals surface area contributed by atoms with Crippen molar-refractivity contribution in [1.29, 1.82) is 0 Å². The van der Waals surface area contributed by atoms with Crippen molar-refractivity contribution in [2.24, 2.45) is 0 Å². The average molecular weight is 436 g/mol. The maximum atomic E-state index is 6.51. The number of anilines is 1. The first-order valence-corrected chi connectivity index (χ1v) is 10.6. The van der Waals surface area contributed by atoms with Crippen molar-refractivity contribution < 1.29 is 0 Å². The minimum atomic E-state index is -0.359. The molecule has 2 aliphatic carbocycles. The maximum absolute atomic E-state index is 6.51. The maximum Gasteiger partial charge on any atom is 0.0726 e. The average Bonchev–Trinajstić information content (AvgIpc) is 3.23. The lowest BCUT2D eigenvalue weighted by molar-refractivity contribution is 0.842. The van der Waals surface area contributed by atoms with Crippen LogP contribution in [0, 0.1) is 0 Å². The molecule has 4 aromatic carbocycles. The van der Waals surface area contributed by atoms with Gasteiger partial charge in [-0.25, -0.2) is 0 Å². The van der Waals surface area contributed by atoms with Crippen LogP contribution >= 0.6 is 15.9 Å². The summed E-state index contributed by atoms with van der Waals surface area (Å²) in [6.07, 6.45) is 2.33. The standard InChI is InChI=1S/C27H18BrN/c28-18-13-14-20-19-8-2-5-11-23(19)27(25(20)16-18)22-10-4-1-7-17(22)15-24(27)21-9-3-6-12-26(21)29/h1-16H,29H2. The first kappa shape index (κ1) is 16.8. The number of allylic oxidation sites excluding steroid dienone is 1. The molecule has 0 aromatic heterocycles. The molecule has 4 aromatic rings. The Labute approximate surface area is 178 Å². The quantitative estimate of drug-likeness (QED) is 0.323. The summed E-state index contributed by atoms with van der Waals surface area (Å²) in [5, 5.41) is 0. The Kier molecular flexibility index (Phi) is 3.45. The van der Waals surface area contributed by atoms with Gasteiger partial charge in [0.1, 0.15) is 0 Å². The Morgan fingerprint density at radius 3 is 2.10 bits per heavy atom. The molecule has 138 valence electrons. The topological polar surface area (TPSA) is 26.0 Å². The molecule has 29 heavy (non-hydrogen) atoms. The van der Waals surface area contributed by atoms with E-state index in [1.807, 2.05) is 12.1 Å². The number of halogens is 1. The SMILES string of the molecule is Nc1ccccc1C1=Cc2ccccc2C12c1ccccc1-c1ccc(Br)cc12. The molecular formula is C27H18BrN. The second-order valence-electron chi connectivity index (χ2n) is 7.72. The van der Waals surface area contributed by atoms with E-state index in [0.29, 0.717) is 0 Å². The number of fused-ring (bicyclic) bond motifs is 7. The van der Waals surface area contributed by atoms with Crippen LogP contribution in [0.4, 0.5) is 5.69 Å². The van der Waals surface area contributed by atoms with Gasteiger partial charge in [-0.3, -0.25) is 0 Å². The molecule has 0 heterocycles. The predicted molar refractivity (Wildman–Crippen MR) is 125 cm³/mol. The molecule has 0 saturated carbocycles. The molecule has 0 bridgehead atoms. The van der Waals surface area contributed by atoms with Gasteiger partial charge < -0.3 is 5.73 Å². The largest absolute Gasteiger partial charge is 0.398 e. The zero-order chi connectivity index (χ0) is 19.6. The summed E-state index contributed by atoms with van der Waals surface area (Å²) < 4.78 is 1.09. The van der Waals surface area contributed by atoms with Crippen molar-refractivity contribution in [3.8, 4) is 11.1 Å². The minimum absolute atomic E-state index is 0.359. The summed E-state index contributed by atoms with van der Waals surface area (Å²) >= 11 is 3.73. The fraction of sp³-hybridized carbons (Fsp3) is 0.0370. The molecule has 0 aliphatic heterocycles. The Morgan fingerprint density at radius 2 is 1.28 bits per heavy atom. The number of rotatable bonds is 1. The van der Waals surface area contributed by atoms with Crippen LogP contribution in [0.15, 0.2) is 95.5 Å². The highest BCUT2D eigenvalue weighted by molar-refractivity contribution is 9.10. The van der Waals surface area contributed by atoms with E-state index in [0.717, 1.165) is 15.7 Å². The molecule has 1 atom stereocenters. The lowest BCUT2D eigenvalue weighted by Crippen LogP contribution is -2.27. The van der Waals surface area contributed by atoms with E-state index < -0.39 is 0 Å². The first-order valence-electron chi connectivity index (χ1n) is 9.78. The van der Waals surface area contributed by atoms with Gasteiger partial charge in [0.2, 0.25) is 0 Å². The lowest BCUT2D eigenvalue weighted by atomic mass is 9.68. The molecule has 2 aliphatic rings. The number of nitrogen functional groups attached to an aromatic ring is 1. The summed E-state index contributed by atoms with van der Waals surface area (Å²) in [7, 11) is 0. The van der Waals surface area contributed by atoms with Crippen LogP contribution in [0.2, 0.25) is 0 Å². The fourth-order valence-electron chi connectivity index (χ4n) is 5.23. The summed E-state index contributed by atoms with van der Waals surface area (Å²) in [6.45, 7) is 0. The number of benzene rings is 4. The van der Waals surface area contributed by atoms with E-state index in [9.17, 15) is 0 Å². The van der Waals surface area contributed by atoms with Crippen molar-refractivity contribution in [2.45, 2.75) is 5.41 Å². The Bertz CT molecular complexity index is 1330. The summed E-state index contributed by atoms with van der Waals surface area (Å²) in [5.74, 6) is 0. The zero-order valence-electron chi connectivity index (χ0n) is 15.7. The van der Waals surface area contributed by atoms with Crippen LogP contribution in [-0.4, -0.2) is 0 Å². The zero-order valence-corrected chi connectivity index (χ0v) is 17.3. The number of hydrogen-bond acceptors (Lipinski definition) is 1. The van der Waals surface area contributed by atoms with Crippen molar-refractivity contribution >= 4 is 33.3 Å². The monoisotopic (exact) mass is 435 g/mol.